The fourth-order valence-electron chi connectivity index (χ4n) is 3.06. The first kappa shape index (κ1) is 28.1. The van der Waals surface area contributed by atoms with Gasteiger partial charge in [0.2, 0.25) is 10.0 Å². The number of urea groups is 1. The number of carbonyl (C=O) groups is 2. The molecule has 1 aliphatic rings. The van der Waals surface area contributed by atoms with Gasteiger partial charge in [0.1, 0.15) is 10.6 Å². The zero-order chi connectivity index (χ0) is 26.8. The van der Waals surface area contributed by atoms with Gasteiger partial charge in [-0.15, -0.1) is 5.06 Å². The highest BCUT2D eigenvalue weighted by Gasteiger charge is 2.44. The summed E-state index contributed by atoms with van der Waals surface area (Å²) in [7, 11) is -4.48. The lowest BCUT2D eigenvalue weighted by Gasteiger charge is -2.28. The fraction of sp³-hybridized carbons (Fsp3) is 0.263. The Labute approximate surface area is 217 Å². The van der Waals surface area contributed by atoms with Gasteiger partial charge in [-0.25, -0.2) is 18.0 Å². The Balaban J connectivity index is 2.10. The van der Waals surface area contributed by atoms with E-state index in [1.165, 1.54) is 18.2 Å². The molecule has 0 aliphatic carbocycles. The number of phenolic OH excluding ortho intramolecular Hbond substituents is 1. The predicted octanol–water partition coefficient (Wildman–Crippen LogP) is 4.01. The van der Waals surface area contributed by atoms with E-state index in [1.54, 1.807) is 0 Å². The number of carbonyl (C=O) groups excluding carboxylic acids is 2. The van der Waals surface area contributed by atoms with Crippen molar-refractivity contribution in [2.45, 2.75) is 11.1 Å². The molecule has 0 atom stereocenters. The van der Waals surface area contributed by atoms with Crippen molar-refractivity contribution >= 4 is 68.2 Å². The number of amides is 2. The van der Waals surface area contributed by atoms with E-state index in [4.69, 9.17) is 34.8 Å². The van der Waals surface area contributed by atoms with E-state index in [-0.39, 0.29) is 47.0 Å². The smallest absolute Gasteiger partial charge is 0.493 e. The third-order valence-electron chi connectivity index (χ3n) is 4.74. The van der Waals surface area contributed by atoms with Gasteiger partial charge >= 0.3 is 18.2 Å². The molecule has 1 saturated heterocycles. The molecule has 2 aromatic rings. The molecule has 2 amide bonds. The molecule has 17 heteroatoms. The highest BCUT2D eigenvalue weighted by molar-refractivity contribution is 7.89. The van der Waals surface area contributed by atoms with E-state index in [9.17, 15) is 36.3 Å². The molecule has 0 spiro atoms. The van der Waals surface area contributed by atoms with Crippen molar-refractivity contribution < 1.29 is 41.1 Å². The maximum absolute atomic E-state index is 13.1. The van der Waals surface area contributed by atoms with Crippen molar-refractivity contribution in [2.75, 3.05) is 36.6 Å². The van der Waals surface area contributed by atoms with E-state index in [1.807, 2.05) is 0 Å². The van der Waals surface area contributed by atoms with Gasteiger partial charge in [-0.3, -0.25) is 0 Å². The van der Waals surface area contributed by atoms with Crippen LogP contribution >= 0.6 is 34.8 Å². The Morgan fingerprint density at radius 2 is 1.72 bits per heavy atom. The molecule has 0 radical (unpaired) electrons. The number of nitrogens with zero attached hydrogens (tertiary/aromatic N) is 2. The quantitative estimate of drug-likeness (QED) is 0.459. The number of nitrogens with one attached hydrogen (secondary N) is 2. The minimum absolute atomic E-state index is 0.00283. The van der Waals surface area contributed by atoms with Crippen LogP contribution in [-0.2, 0) is 19.7 Å². The van der Waals surface area contributed by atoms with Crippen LogP contribution in [0.25, 0.3) is 0 Å². The standard InChI is InChI=1S/C19H16Cl3F3N4O6S/c20-10-2-1-3-12(14(10)22)27-18(32)29(35-17(31)19(23,24)25)13-5-4-11(21)16(15(13)30)36(33,34)28-8-6-26-7-9-28/h1-5,26,30H,6-9H2,(H,27,32). The molecule has 10 nitrogen and oxygen atoms in total. The first-order valence-corrected chi connectivity index (χ1v) is 12.4. The van der Waals surface area contributed by atoms with Gasteiger partial charge in [-0.05, 0) is 24.3 Å². The Morgan fingerprint density at radius 1 is 1.08 bits per heavy atom. The molecule has 0 aromatic heterocycles. The second-order valence-corrected chi connectivity index (χ2v) is 10.2. The van der Waals surface area contributed by atoms with E-state index in [0.717, 1.165) is 16.4 Å². The molecule has 2 aromatic carbocycles. The van der Waals surface area contributed by atoms with E-state index < -0.39 is 49.6 Å². The van der Waals surface area contributed by atoms with Gasteiger partial charge in [0.15, 0.2) is 5.75 Å². The second-order valence-electron chi connectivity index (χ2n) is 7.10. The average molecular weight is 592 g/mol. The summed E-state index contributed by atoms with van der Waals surface area (Å²) in [6.07, 6.45) is -5.55. The van der Waals surface area contributed by atoms with Crippen LogP contribution in [0.1, 0.15) is 0 Å². The molecule has 1 fully saturated rings. The second kappa shape index (κ2) is 10.9. The molecular weight excluding hydrogens is 576 g/mol. The van der Waals surface area contributed by atoms with Crippen molar-refractivity contribution in [1.82, 2.24) is 9.62 Å². The molecule has 3 rings (SSSR count). The Morgan fingerprint density at radius 3 is 2.33 bits per heavy atom. The van der Waals surface area contributed by atoms with Crippen LogP contribution in [0.3, 0.4) is 0 Å². The van der Waals surface area contributed by atoms with E-state index in [2.05, 4.69) is 15.5 Å². The molecule has 36 heavy (non-hydrogen) atoms. The number of anilines is 2. The summed E-state index contributed by atoms with van der Waals surface area (Å²) in [5.74, 6) is -4.07. The average Bonchev–Trinajstić information content (AvgIpc) is 2.80. The summed E-state index contributed by atoms with van der Waals surface area (Å²) in [4.78, 5) is 27.8. The van der Waals surface area contributed by atoms with Crippen LogP contribution in [0.4, 0.5) is 29.3 Å². The van der Waals surface area contributed by atoms with Crippen LogP contribution in [0, 0.1) is 0 Å². The topological polar surface area (TPSA) is 128 Å². The summed E-state index contributed by atoms with van der Waals surface area (Å²) in [5.41, 5.74) is -1.12. The van der Waals surface area contributed by atoms with Gasteiger partial charge in [0.25, 0.3) is 0 Å². The molecule has 0 unspecified atom stereocenters. The Hall–Kier alpha value is -2.49. The number of alkyl halides is 3. The molecule has 3 N–H and O–H groups in total. The summed E-state index contributed by atoms with van der Waals surface area (Å²) in [5, 5.41) is 14.8. The lowest BCUT2D eigenvalue weighted by atomic mass is 10.3. The number of hydrogen-bond donors (Lipinski definition) is 3. The van der Waals surface area contributed by atoms with Crippen LogP contribution in [-0.4, -0.2) is 62.2 Å². The molecule has 0 bridgehead atoms. The first-order valence-electron chi connectivity index (χ1n) is 9.81. The Bertz CT molecular complexity index is 1290. The number of aromatic hydroxyl groups is 1. The Kier molecular flexibility index (Phi) is 8.48. The minimum Gasteiger partial charge on any atom is -0.504 e. The van der Waals surface area contributed by atoms with Crippen molar-refractivity contribution in [3.63, 3.8) is 0 Å². The number of halogens is 6. The number of hydrogen-bond acceptors (Lipinski definition) is 7. The van der Waals surface area contributed by atoms with Gasteiger partial charge in [0.05, 0.1) is 20.8 Å². The number of sulfonamides is 1. The van der Waals surface area contributed by atoms with E-state index >= 15 is 0 Å². The maximum atomic E-state index is 13.1. The van der Waals surface area contributed by atoms with Gasteiger partial charge in [-0.2, -0.15) is 17.5 Å². The molecule has 1 aliphatic heterocycles. The van der Waals surface area contributed by atoms with Crippen LogP contribution in [0.2, 0.25) is 15.1 Å². The monoisotopic (exact) mass is 590 g/mol. The first-order chi connectivity index (χ1) is 16.7. The zero-order valence-corrected chi connectivity index (χ0v) is 20.9. The summed E-state index contributed by atoms with van der Waals surface area (Å²) in [6.45, 7) is 0.580. The van der Waals surface area contributed by atoms with Crippen LogP contribution < -0.4 is 15.7 Å². The normalized spacial score (nSPS) is 14.8. The summed E-state index contributed by atoms with van der Waals surface area (Å²) >= 11 is 17.9. The number of hydroxylamine groups is 1. The lowest BCUT2D eigenvalue weighted by Crippen LogP contribution is -2.46. The number of rotatable bonds is 4. The predicted molar refractivity (Wildman–Crippen MR) is 125 cm³/mol. The minimum atomic E-state index is -5.55. The zero-order valence-electron chi connectivity index (χ0n) is 17.8. The SMILES string of the molecule is O=C(Nc1cccc(Cl)c1Cl)N(OC(=O)C(F)(F)F)c1ccc(Cl)c(S(=O)(=O)N2CCNCC2)c1O. The number of piperazine rings is 1. The molecule has 196 valence electrons. The molecule has 1 heterocycles. The van der Waals surface area contributed by atoms with Gasteiger partial charge in [-0.1, -0.05) is 40.9 Å². The third kappa shape index (κ3) is 5.90. The van der Waals surface area contributed by atoms with Crippen molar-refractivity contribution in [1.29, 1.82) is 0 Å². The molecule has 0 saturated carbocycles. The van der Waals surface area contributed by atoms with Crippen molar-refractivity contribution in [2.24, 2.45) is 0 Å². The highest BCUT2D eigenvalue weighted by Crippen LogP contribution is 2.41. The lowest BCUT2D eigenvalue weighted by molar-refractivity contribution is -0.199. The number of phenols is 1. The molecular formula is C19H16Cl3F3N4O6S. The fourth-order valence-corrected chi connectivity index (χ4v) is 5.44. The summed E-state index contributed by atoms with van der Waals surface area (Å²) in [6, 6.07) is 4.09. The van der Waals surface area contributed by atoms with Crippen molar-refractivity contribution in [3.05, 3.63) is 45.4 Å². The highest BCUT2D eigenvalue weighted by atomic mass is 35.5. The maximum Gasteiger partial charge on any atom is 0.493 e. The van der Waals surface area contributed by atoms with Gasteiger partial charge in [0, 0.05) is 26.2 Å². The largest absolute Gasteiger partial charge is 0.504 e. The third-order valence-corrected chi connectivity index (χ3v) is 7.96. The number of benzene rings is 2. The van der Waals surface area contributed by atoms with E-state index in [0.29, 0.717) is 0 Å². The summed E-state index contributed by atoms with van der Waals surface area (Å²) < 4.78 is 66.1. The van der Waals surface area contributed by atoms with Crippen LogP contribution in [0.15, 0.2) is 35.2 Å². The van der Waals surface area contributed by atoms with Crippen LogP contribution in [0.5, 0.6) is 5.75 Å². The van der Waals surface area contributed by atoms with Gasteiger partial charge < -0.3 is 20.6 Å². The van der Waals surface area contributed by atoms with Crippen molar-refractivity contribution in [3.8, 4) is 5.75 Å².